The number of nitrogens with zero attached hydrogens (tertiary/aromatic N) is 1. The lowest BCUT2D eigenvalue weighted by molar-refractivity contribution is 0.136. The molecular weight excluding hydrogens is 210 g/mol. The maximum atomic E-state index is 3.46. The van der Waals surface area contributed by atoms with Crippen LogP contribution in [0, 0.1) is 5.92 Å². The first-order valence-corrected chi connectivity index (χ1v) is 5.83. The van der Waals surface area contributed by atoms with Gasteiger partial charge in [-0.1, -0.05) is 0 Å². The first-order valence-electron chi connectivity index (χ1n) is 5.83. The van der Waals surface area contributed by atoms with E-state index in [1.165, 1.54) is 39.0 Å². The van der Waals surface area contributed by atoms with Crippen LogP contribution in [0.5, 0.6) is 0 Å². The van der Waals surface area contributed by atoms with E-state index in [9.17, 15) is 0 Å². The SMILES string of the molecule is CN(CC1CCNC1)C1(C)CCNC1.Cl. The van der Waals surface area contributed by atoms with Gasteiger partial charge < -0.3 is 10.6 Å². The molecule has 90 valence electrons. The largest absolute Gasteiger partial charge is 0.316 e. The second-order valence-electron chi connectivity index (χ2n) is 5.16. The van der Waals surface area contributed by atoms with E-state index in [4.69, 9.17) is 0 Å². The highest BCUT2D eigenvalue weighted by Crippen LogP contribution is 2.23. The normalized spacial score (nSPS) is 35.8. The van der Waals surface area contributed by atoms with Gasteiger partial charge in [-0.3, -0.25) is 4.90 Å². The van der Waals surface area contributed by atoms with E-state index in [1.54, 1.807) is 0 Å². The minimum Gasteiger partial charge on any atom is -0.316 e. The van der Waals surface area contributed by atoms with Crippen LogP contribution in [-0.4, -0.2) is 50.2 Å². The summed E-state index contributed by atoms with van der Waals surface area (Å²) in [7, 11) is 2.28. The summed E-state index contributed by atoms with van der Waals surface area (Å²) in [6, 6.07) is 0. The molecule has 0 radical (unpaired) electrons. The first kappa shape index (κ1) is 13.2. The van der Waals surface area contributed by atoms with Gasteiger partial charge in [0.1, 0.15) is 0 Å². The highest BCUT2D eigenvalue weighted by atomic mass is 35.5. The van der Waals surface area contributed by atoms with Crippen molar-refractivity contribution in [2.24, 2.45) is 5.92 Å². The molecule has 2 heterocycles. The monoisotopic (exact) mass is 233 g/mol. The Morgan fingerprint density at radius 1 is 1.33 bits per heavy atom. The quantitative estimate of drug-likeness (QED) is 0.752. The Balaban J connectivity index is 0.00000112. The molecule has 0 bridgehead atoms. The van der Waals surface area contributed by atoms with Crippen LogP contribution in [0.25, 0.3) is 0 Å². The molecule has 0 spiro atoms. The number of halogens is 1. The van der Waals surface area contributed by atoms with Crippen molar-refractivity contribution in [2.75, 3.05) is 39.8 Å². The summed E-state index contributed by atoms with van der Waals surface area (Å²) in [4.78, 5) is 2.56. The maximum Gasteiger partial charge on any atom is 0.0314 e. The van der Waals surface area contributed by atoms with Crippen molar-refractivity contribution in [3.05, 3.63) is 0 Å². The molecule has 15 heavy (non-hydrogen) atoms. The molecule has 2 unspecified atom stereocenters. The Morgan fingerprint density at radius 3 is 2.67 bits per heavy atom. The molecule has 2 fully saturated rings. The van der Waals surface area contributed by atoms with Crippen molar-refractivity contribution in [1.82, 2.24) is 15.5 Å². The fourth-order valence-electron chi connectivity index (χ4n) is 2.61. The van der Waals surface area contributed by atoms with Gasteiger partial charge in [-0.15, -0.1) is 12.4 Å². The molecule has 0 aromatic heterocycles. The molecule has 2 N–H and O–H groups in total. The zero-order chi connectivity index (χ0) is 10.0. The van der Waals surface area contributed by atoms with Gasteiger partial charge >= 0.3 is 0 Å². The summed E-state index contributed by atoms with van der Waals surface area (Å²) in [6.45, 7) is 8.41. The third-order valence-electron chi connectivity index (χ3n) is 3.96. The first-order chi connectivity index (χ1) is 6.71. The van der Waals surface area contributed by atoms with Crippen molar-refractivity contribution in [3.63, 3.8) is 0 Å². The third kappa shape index (κ3) is 3.06. The minimum atomic E-state index is 0. The van der Waals surface area contributed by atoms with Crippen LogP contribution >= 0.6 is 12.4 Å². The molecule has 0 aromatic rings. The molecule has 0 aromatic carbocycles. The molecule has 0 aliphatic carbocycles. The van der Waals surface area contributed by atoms with Crippen LogP contribution in [0.1, 0.15) is 19.8 Å². The number of hydrogen-bond acceptors (Lipinski definition) is 3. The van der Waals surface area contributed by atoms with Crippen molar-refractivity contribution in [3.8, 4) is 0 Å². The molecule has 0 saturated carbocycles. The topological polar surface area (TPSA) is 27.3 Å². The second-order valence-corrected chi connectivity index (χ2v) is 5.16. The van der Waals surface area contributed by atoms with Crippen molar-refractivity contribution in [2.45, 2.75) is 25.3 Å². The van der Waals surface area contributed by atoms with Crippen molar-refractivity contribution < 1.29 is 0 Å². The Bertz CT molecular complexity index is 186. The summed E-state index contributed by atoms with van der Waals surface area (Å²) in [5.41, 5.74) is 0.405. The molecule has 2 saturated heterocycles. The second kappa shape index (κ2) is 5.48. The van der Waals surface area contributed by atoms with E-state index in [0.29, 0.717) is 5.54 Å². The average molecular weight is 234 g/mol. The summed E-state index contributed by atoms with van der Waals surface area (Å²) < 4.78 is 0. The van der Waals surface area contributed by atoms with E-state index in [1.807, 2.05) is 0 Å². The van der Waals surface area contributed by atoms with Crippen LogP contribution in [0.4, 0.5) is 0 Å². The Kier molecular flexibility index (Phi) is 4.84. The van der Waals surface area contributed by atoms with Gasteiger partial charge in [-0.2, -0.15) is 0 Å². The number of rotatable bonds is 3. The highest BCUT2D eigenvalue weighted by molar-refractivity contribution is 5.85. The predicted octanol–water partition coefficient (Wildman–Crippen LogP) is 0.701. The van der Waals surface area contributed by atoms with Gasteiger partial charge in [0.2, 0.25) is 0 Å². The lowest BCUT2D eigenvalue weighted by Gasteiger charge is -2.36. The summed E-state index contributed by atoms with van der Waals surface area (Å²) in [5.74, 6) is 0.873. The van der Waals surface area contributed by atoms with Gasteiger partial charge in [0, 0.05) is 18.6 Å². The van der Waals surface area contributed by atoms with Crippen LogP contribution in [-0.2, 0) is 0 Å². The molecule has 0 amide bonds. The predicted molar refractivity (Wildman–Crippen MR) is 66.7 cm³/mol. The van der Waals surface area contributed by atoms with E-state index in [0.717, 1.165) is 12.5 Å². The van der Waals surface area contributed by atoms with Crippen LogP contribution in [0.3, 0.4) is 0 Å². The Hall–Kier alpha value is 0.170. The minimum absolute atomic E-state index is 0. The van der Waals surface area contributed by atoms with Crippen molar-refractivity contribution >= 4 is 12.4 Å². The van der Waals surface area contributed by atoms with E-state index >= 15 is 0 Å². The fraction of sp³-hybridized carbons (Fsp3) is 1.00. The van der Waals surface area contributed by atoms with Gasteiger partial charge in [-0.25, -0.2) is 0 Å². The Morgan fingerprint density at radius 2 is 2.13 bits per heavy atom. The lowest BCUT2D eigenvalue weighted by Crippen LogP contribution is -2.47. The maximum absolute atomic E-state index is 3.46. The molecule has 4 heteroatoms. The number of likely N-dealkylation sites (N-methyl/N-ethyl adjacent to an activating group) is 1. The Labute approximate surface area is 99.4 Å². The van der Waals surface area contributed by atoms with Crippen LogP contribution < -0.4 is 10.6 Å². The summed E-state index contributed by atoms with van der Waals surface area (Å²) >= 11 is 0. The fourth-order valence-corrected chi connectivity index (χ4v) is 2.61. The third-order valence-corrected chi connectivity index (χ3v) is 3.96. The van der Waals surface area contributed by atoms with Gasteiger partial charge in [0.25, 0.3) is 0 Å². The summed E-state index contributed by atoms with van der Waals surface area (Å²) in [6.07, 6.45) is 2.65. The van der Waals surface area contributed by atoms with E-state index in [2.05, 4.69) is 29.5 Å². The zero-order valence-electron chi connectivity index (χ0n) is 9.88. The number of nitrogens with one attached hydrogen (secondary N) is 2. The van der Waals surface area contributed by atoms with Gasteiger partial charge in [0.15, 0.2) is 0 Å². The highest BCUT2D eigenvalue weighted by Gasteiger charge is 2.33. The zero-order valence-corrected chi connectivity index (χ0v) is 10.7. The smallest absolute Gasteiger partial charge is 0.0314 e. The molecule has 2 aliphatic heterocycles. The molecule has 2 aliphatic rings. The van der Waals surface area contributed by atoms with Gasteiger partial charge in [-0.05, 0) is 52.4 Å². The average Bonchev–Trinajstić information content (AvgIpc) is 2.76. The van der Waals surface area contributed by atoms with E-state index in [-0.39, 0.29) is 12.4 Å². The number of hydrogen-bond donors (Lipinski definition) is 2. The van der Waals surface area contributed by atoms with Crippen LogP contribution in [0.15, 0.2) is 0 Å². The molecular formula is C11H24ClN3. The van der Waals surface area contributed by atoms with Crippen molar-refractivity contribution in [1.29, 1.82) is 0 Å². The lowest BCUT2D eigenvalue weighted by atomic mass is 9.97. The molecule has 2 rings (SSSR count). The molecule has 3 nitrogen and oxygen atoms in total. The molecule has 2 atom stereocenters. The summed E-state index contributed by atoms with van der Waals surface area (Å²) in [5, 5.41) is 6.90. The van der Waals surface area contributed by atoms with E-state index < -0.39 is 0 Å². The standard InChI is InChI=1S/C11H23N3.ClH/c1-11(4-6-13-9-11)14(2)8-10-3-5-12-7-10;/h10,12-13H,3-9H2,1-2H3;1H. The van der Waals surface area contributed by atoms with Gasteiger partial charge in [0.05, 0.1) is 0 Å². The van der Waals surface area contributed by atoms with Crippen LogP contribution in [0.2, 0.25) is 0 Å².